The SMILES string of the molecule is N#CCc1cn([C@H]2C[C@H](O)[C@@H](CO)O2)c(=O)nc1N. The van der Waals surface area contributed by atoms with Crippen molar-refractivity contribution < 1.29 is 14.9 Å². The monoisotopic (exact) mass is 266 g/mol. The molecule has 8 heteroatoms. The fraction of sp³-hybridized carbons (Fsp3) is 0.545. The van der Waals surface area contributed by atoms with E-state index in [4.69, 9.17) is 20.8 Å². The Morgan fingerprint density at radius 3 is 3.00 bits per heavy atom. The Morgan fingerprint density at radius 1 is 1.68 bits per heavy atom. The van der Waals surface area contributed by atoms with Crippen LogP contribution in [0, 0.1) is 11.3 Å². The van der Waals surface area contributed by atoms with Crippen LogP contribution in [0.25, 0.3) is 0 Å². The average molecular weight is 266 g/mol. The molecule has 0 saturated carbocycles. The topological polar surface area (TPSA) is 134 Å². The molecule has 1 aromatic heterocycles. The minimum absolute atomic E-state index is 0.0139. The Bertz CT molecular complexity index is 565. The van der Waals surface area contributed by atoms with Crippen LogP contribution in [0.5, 0.6) is 0 Å². The van der Waals surface area contributed by atoms with Gasteiger partial charge in [0.15, 0.2) is 0 Å². The highest BCUT2D eigenvalue weighted by Crippen LogP contribution is 2.27. The fourth-order valence-electron chi connectivity index (χ4n) is 2.00. The molecule has 0 unspecified atom stereocenters. The largest absolute Gasteiger partial charge is 0.394 e. The summed E-state index contributed by atoms with van der Waals surface area (Å²) in [5.74, 6) is 0.0139. The van der Waals surface area contributed by atoms with E-state index in [1.165, 1.54) is 10.8 Å². The third kappa shape index (κ3) is 2.58. The summed E-state index contributed by atoms with van der Waals surface area (Å²) in [5.41, 5.74) is 5.36. The maximum Gasteiger partial charge on any atom is 0.351 e. The second-order valence-electron chi connectivity index (χ2n) is 4.29. The van der Waals surface area contributed by atoms with Crippen LogP contribution >= 0.6 is 0 Å². The number of ether oxygens (including phenoxy) is 1. The molecule has 1 saturated heterocycles. The zero-order valence-electron chi connectivity index (χ0n) is 10.1. The number of nitrogens with zero attached hydrogens (tertiary/aromatic N) is 3. The number of anilines is 1. The van der Waals surface area contributed by atoms with E-state index < -0.39 is 24.1 Å². The average Bonchev–Trinajstić information content (AvgIpc) is 2.74. The van der Waals surface area contributed by atoms with Gasteiger partial charge in [0.25, 0.3) is 0 Å². The van der Waals surface area contributed by atoms with Gasteiger partial charge < -0.3 is 20.7 Å². The van der Waals surface area contributed by atoms with Gasteiger partial charge in [-0.05, 0) is 0 Å². The second-order valence-corrected chi connectivity index (χ2v) is 4.29. The molecular formula is C11H14N4O4. The summed E-state index contributed by atoms with van der Waals surface area (Å²) >= 11 is 0. The van der Waals surface area contributed by atoms with Crippen molar-refractivity contribution in [3.8, 4) is 6.07 Å². The highest BCUT2D eigenvalue weighted by atomic mass is 16.5. The van der Waals surface area contributed by atoms with Gasteiger partial charge in [0, 0.05) is 18.2 Å². The lowest BCUT2D eigenvalue weighted by atomic mass is 10.2. The van der Waals surface area contributed by atoms with Gasteiger partial charge in [0.05, 0.1) is 25.2 Å². The number of aliphatic hydroxyl groups excluding tert-OH is 2. The van der Waals surface area contributed by atoms with Gasteiger partial charge in [-0.25, -0.2) is 4.79 Å². The minimum atomic E-state index is -0.848. The quantitative estimate of drug-likeness (QED) is 0.608. The van der Waals surface area contributed by atoms with Crippen molar-refractivity contribution in [2.45, 2.75) is 31.3 Å². The predicted molar refractivity (Wildman–Crippen MR) is 63.8 cm³/mol. The molecule has 0 aromatic carbocycles. The molecule has 0 bridgehead atoms. The molecule has 0 spiro atoms. The molecule has 3 atom stereocenters. The van der Waals surface area contributed by atoms with Gasteiger partial charge in [0.2, 0.25) is 0 Å². The Balaban J connectivity index is 2.33. The van der Waals surface area contributed by atoms with Gasteiger partial charge in [-0.1, -0.05) is 0 Å². The summed E-state index contributed by atoms with van der Waals surface area (Å²) in [6, 6.07) is 1.93. The zero-order chi connectivity index (χ0) is 14.0. The molecule has 1 aromatic rings. The number of nitrogens with two attached hydrogens (primary N) is 1. The molecule has 1 aliphatic rings. The summed E-state index contributed by atoms with van der Waals surface area (Å²) < 4.78 is 6.54. The van der Waals surface area contributed by atoms with Crippen LogP contribution in [0.15, 0.2) is 11.0 Å². The maximum atomic E-state index is 11.7. The molecule has 2 heterocycles. The Kier molecular flexibility index (Phi) is 3.80. The molecule has 19 heavy (non-hydrogen) atoms. The van der Waals surface area contributed by atoms with Crippen LogP contribution in [-0.4, -0.2) is 38.6 Å². The third-order valence-electron chi connectivity index (χ3n) is 3.02. The molecular weight excluding hydrogens is 252 g/mol. The Hall–Kier alpha value is -1.95. The molecule has 1 fully saturated rings. The van der Waals surface area contributed by atoms with Crippen molar-refractivity contribution in [1.82, 2.24) is 9.55 Å². The Morgan fingerprint density at radius 2 is 2.42 bits per heavy atom. The number of rotatable bonds is 3. The summed E-state index contributed by atoms with van der Waals surface area (Å²) in [6.07, 6.45) is -0.691. The van der Waals surface area contributed by atoms with Gasteiger partial charge in [-0.15, -0.1) is 0 Å². The van der Waals surface area contributed by atoms with E-state index in [1.54, 1.807) is 0 Å². The van der Waals surface area contributed by atoms with E-state index in [-0.39, 0.29) is 25.3 Å². The summed E-state index contributed by atoms with van der Waals surface area (Å²) in [4.78, 5) is 15.4. The lowest BCUT2D eigenvalue weighted by molar-refractivity contribution is -0.0459. The maximum absolute atomic E-state index is 11.7. The highest BCUT2D eigenvalue weighted by Gasteiger charge is 2.35. The number of aliphatic hydroxyl groups is 2. The standard InChI is InChI=1S/C11H14N4O4/c12-2-1-6-4-15(11(18)14-10(6)13)9-3-7(17)8(5-16)19-9/h4,7-9,16-17H,1,3,5H2,(H2,13,14,18)/t7-,8+,9+/m0/s1. The summed E-state index contributed by atoms with van der Waals surface area (Å²) in [6.45, 7) is -0.333. The number of nitriles is 1. The van der Waals surface area contributed by atoms with Gasteiger partial charge >= 0.3 is 5.69 Å². The van der Waals surface area contributed by atoms with E-state index in [0.717, 1.165) is 0 Å². The first-order valence-corrected chi connectivity index (χ1v) is 5.75. The second kappa shape index (κ2) is 5.36. The number of hydrogen-bond acceptors (Lipinski definition) is 7. The Labute approximate surface area is 108 Å². The first kappa shape index (κ1) is 13.5. The van der Waals surface area contributed by atoms with Crippen LogP contribution in [0.1, 0.15) is 18.2 Å². The molecule has 1 aliphatic heterocycles. The van der Waals surface area contributed by atoms with Crippen LogP contribution in [-0.2, 0) is 11.2 Å². The molecule has 102 valence electrons. The summed E-state index contributed by atoms with van der Waals surface area (Å²) in [7, 11) is 0. The van der Waals surface area contributed by atoms with Gasteiger partial charge in [-0.3, -0.25) is 4.57 Å². The van der Waals surface area contributed by atoms with Crippen LogP contribution in [0.4, 0.5) is 5.82 Å². The van der Waals surface area contributed by atoms with Gasteiger partial charge in [-0.2, -0.15) is 10.2 Å². The van der Waals surface area contributed by atoms with Crippen molar-refractivity contribution >= 4 is 5.82 Å². The highest BCUT2D eigenvalue weighted by molar-refractivity contribution is 5.38. The van der Waals surface area contributed by atoms with Crippen molar-refractivity contribution in [3.05, 3.63) is 22.2 Å². The van der Waals surface area contributed by atoms with E-state index in [9.17, 15) is 9.90 Å². The molecule has 0 aliphatic carbocycles. The number of aromatic nitrogens is 2. The molecule has 0 amide bonds. The predicted octanol–water partition coefficient (Wildman–Crippen LogP) is -1.47. The normalized spacial score (nSPS) is 26.3. The first-order valence-electron chi connectivity index (χ1n) is 5.75. The van der Waals surface area contributed by atoms with Crippen LogP contribution < -0.4 is 11.4 Å². The van der Waals surface area contributed by atoms with Crippen molar-refractivity contribution in [2.24, 2.45) is 0 Å². The third-order valence-corrected chi connectivity index (χ3v) is 3.02. The van der Waals surface area contributed by atoms with E-state index in [1.807, 2.05) is 6.07 Å². The minimum Gasteiger partial charge on any atom is -0.394 e. The summed E-state index contributed by atoms with van der Waals surface area (Å²) in [5, 5.41) is 27.3. The van der Waals surface area contributed by atoms with Crippen LogP contribution in [0.2, 0.25) is 0 Å². The van der Waals surface area contributed by atoms with E-state index in [0.29, 0.717) is 5.56 Å². The lowest BCUT2D eigenvalue weighted by Gasteiger charge is -2.15. The molecule has 2 rings (SSSR count). The molecule has 4 N–H and O–H groups in total. The number of hydrogen-bond donors (Lipinski definition) is 3. The van der Waals surface area contributed by atoms with Crippen LogP contribution in [0.3, 0.4) is 0 Å². The smallest absolute Gasteiger partial charge is 0.351 e. The zero-order valence-corrected chi connectivity index (χ0v) is 10.1. The molecule has 8 nitrogen and oxygen atoms in total. The van der Waals surface area contributed by atoms with Crippen molar-refractivity contribution in [2.75, 3.05) is 12.3 Å². The van der Waals surface area contributed by atoms with Crippen molar-refractivity contribution in [1.29, 1.82) is 5.26 Å². The number of nitrogen functional groups attached to an aromatic ring is 1. The molecule has 0 radical (unpaired) electrons. The van der Waals surface area contributed by atoms with Crippen molar-refractivity contribution in [3.63, 3.8) is 0 Å². The van der Waals surface area contributed by atoms with E-state index in [2.05, 4.69) is 4.98 Å². The lowest BCUT2D eigenvalue weighted by Crippen LogP contribution is -2.29. The first-order chi connectivity index (χ1) is 9.06. The fourth-order valence-corrected chi connectivity index (χ4v) is 2.00. The van der Waals surface area contributed by atoms with E-state index >= 15 is 0 Å². The van der Waals surface area contributed by atoms with Gasteiger partial charge in [0.1, 0.15) is 18.1 Å².